The number of rotatable bonds is 14. The first kappa shape index (κ1) is 32.7. The molecule has 0 fully saturated rings. The van der Waals surface area contributed by atoms with Gasteiger partial charge in [-0.2, -0.15) is 0 Å². The molecule has 7 nitrogen and oxygen atoms in total. The Balaban J connectivity index is 1.78. The largest absolute Gasteiger partial charge is 0.354 e. The molecule has 10 heteroatoms. The minimum absolute atomic E-state index is 0.00370. The predicted octanol–water partition coefficient (Wildman–Crippen LogP) is 6.23. The van der Waals surface area contributed by atoms with Gasteiger partial charge in [-0.3, -0.25) is 13.9 Å². The number of nitrogens with zero attached hydrogens (tertiary/aromatic N) is 2. The second-order valence-corrected chi connectivity index (χ2v) is 12.6. The Morgan fingerprint density at radius 2 is 1.52 bits per heavy atom. The van der Waals surface area contributed by atoms with E-state index in [0.29, 0.717) is 17.1 Å². The molecule has 0 radical (unpaired) electrons. The minimum Gasteiger partial charge on any atom is -0.354 e. The summed E-state index contributed by atoms with van der Waals surface area (Å²) in [5.41, 5.74) is 1.60. The lowest BCUT2D eigenvalue weighted by molar-refractivity contribution is -0.140. The summed E-state index contributed by atoms with van der Waals surface area (Å²) in [4.78, 5) is 29.4. The van der Waals surface area contributed by atoms with E-state index in [-0.39, 0.29) is 29.5 Å². The zero-order valence-corrected chi connectivity index (χ0v) is 26.0. The SMILES string of the molecule is CCCCNC(=O)[C@@H](Cc1ccccc1)N(Cc1ccc(F)cc1)C(=O)CN(c1cccc(Cl)c1)S(=O)(=O)c1ccccc1. The van der Waals surface area contributed by atoms with E-state index >= 15 is 0 Å². The normalized spacial score (nSPS) is 11.9. The van der Waals surface area contributed by atoms with Gasteiger partial charge < -0.3 is 10.2 Å². The highest BCUT2D eigenvalue weighted by molar-refractivity contribution is 7.92. The van der Waals surface area contributed by atoms with Crippen molar-refractivity contribution in [2.24, 2.45) is 0 Å². The van der Waals surface area contributed by atoms with Gasteiger partial charge in [-0.15, -0.1) is 0 Å². The summed E-state index contributed by atoms with van der Waals surface area (Å²) < 4.78 is 42.7. The van der Waals surface area contributed by atoms with Crippen molar-refractivity contribution < 1.29 is 22.4 Å². The molecule has 1 atom stereocenters. The molecule has 0 aliphatic rings. The molecule has 0 aromatic heterocycles. The number of halogens is 2. The summed E-state index contributed by atoms with van der Waals surface area (Å²) in [6, 6.07) is 28.0. The molecular weight excluding hydrogens is 601 g/mol. The molecule has 44 heavy (non-hydrogen) atoms. The van der Waals surface area contributed by atoms with Crippen molar-refractivity contribution in [2.45, 2.75) is 43.7 Å². The van der Waals surface area contributed by atoms with Crippen LogP contribution in [-0.4, -0.2) is 44.3 Å². The first-order valence-corrected chi connectivity index (χ1v) is 16.2. The first-order valence-electron chi connectivity index (χ1n) is 14.4. The van der Waals surface area contributed by atoms with E-state index in [1.54, 1.807) is 48.5 Å². The molecule has 0 spiro atoms. The molecule has 4 aromatic rings. The van der Waals surface area contributed by atoms with Crippen LogP contribution in [0.25, 0.3) is 0 Å². The summed E-state index contributed by atoms with van der Waals surface area (Å²) >= 11 is 6.25. The minimum atomic E-state index is -4.22. The fraction of sp³-hybridized carbons (Fsp3) is 0.235. The lowest BCUT2D eigenvalue weighted by atomic mass is 10.0. The van der Waals surface area contributed by atoms with E-state index in [1.807, 2.05) is 37.3 Å². The summed E-state index contributed by atoms with van der Waals surface area (Å²) in [6.07, 6.45) is 1.82. The second kappa shape index (κ2) is 15.5. The summed E-state index contributed by atoms with van der Waals surface area (Å²) in [6.45, 7) is 1.78. The van der Waals surface area contributed by atoms with Crippen LogP contribution in [0.1, 0.15) is 30.9 Å². The third kappa shape index (κ3) is 8.67. The lowest BCUT2D eigenvalue weighted by Crippen LogP contribution is -2.53. The van der Waals surface area contributed by atoms with Crippen LogP contribution >= 0.6 is 11.6 Å². The summed E-state index contributed by atoms with van der Waals surface area (Å²) in [7, 11) is -4.22. The van der Waals surface area contributed by atoms with Crippen molar-refractivity contribution >= 4 is 39.1 Å². The van der Waals surface area contributed by atoms with Crippen molar-refractivity contribution in [2.75, 3.05) is 17.4 Å². The van der Waals surface area contributed by atoms with Crippen LogP contribution < -0.4 is 9.62 Å². The van der Waals surface area contributed by atoms with Crippen LogP contribution in [0.5, 0.6) is 0 Å². The molecule has 0 aliphatic heterocycles. The number of carbonyl (C=O) groups is 2. The van der Waals surface area contributed by atoms with E-state index in [9.17, 15) is 22.4 Å². The zero-order valence-electron chi connectivity index (χ0n) is 24.4. The maximum atomic E-state index is 14.4. The topological polar surface area (TPSA) is 86.8 Å². The molecule has 4 rings (SSSR count). The van der Waals surface area contributed by atoms with Gasteiger partial charge in [-0.1, -0.05) is 91.7 Å². The first-order chi connectivity index (χ1) is 21.2. The van der Waals surface area contributed by atoms with E-state index in [2.05, 4.69) is 5.32 Å². The van der Waals surface area contributed by atoms with E-state index in [1.165, 1.54) is 35.2 Å². The van der Waals surface area contributed by atoms with E-state index < -0.39 is 34.3 Å². The molecule has 0 bridgehead atoms. The Kier molecular flexibility index (Phi) is 11.5. The molecule has 0 unspecified atom stereocenters. The van der Waals surface area contributed by atoms with Gasteiger partial charge in [0.1, 0.15) is 18.4 Å². The predicted molar refractivity (Wildman–Crippen MR) is 171 cm³/mol. The van der Waals surface area contributed by atoms with Crippen LogP contribution in [0.3, 0.4) is 0 Å². The quantitative estimate of drug-likeness (QED) is 0.166. The molecule has 2 amide bonds. The number of unbranched alkanes of at least 4 members (excludes halogenated alkanes) is 1. The number of anilines is 1. The van der Waals surface area contributed by atoms with Gasteiger partial charge in [0.25, 0.3) is 10.0 Å². The Morgan fingerprint density at radius 1 is 0.864 bits per heavy atom. The molecule has 0 saturated carbocycles. The Hall–Kier alpha value is -4.21. The van der Waals surface area contributed by atoms with Gasteiger partial charge in [0.05, 0.1) is 10.6 Å². The highest BCUT2D eigenvalue weighted by atomic mass is 35.5. The van der Waals surface area contributed by atoms with Crippen molar-refractivity contribution in [1.82, 2.24) is 10.2 Å². The number of amides is 2. The van der Waals surface area contributed by atoms with Crippen LogP contribution in [0.4, 0.5) is 10.1 Å². The van der Waals surface area contributed by atoms with Gasteiger partial charge in [0.15, 0.2) is 0 Å². The molecule has 0 heterocycles. The van der Waals surface area contributed by atoms with Crippen molar-refractivity contribution in [3.8, 4) is 0 Å². The monoisotopic (exact) mass is 635 g/mol. The van der Waals surface area contributed by atoms with Crippen molar-refractivity contribution in [3.05, 3.63) is 131 Å². The highest BCUT2D eigenvalue weighted by Crippen LogP contribution is 2.27. The van der Waals surface area contributed by atoms with Crippen molar-refractivity contribution in [3.63, 3.8) is 0 Å². The number of sulfonamides is 1. The summed E-state index contributed by atoms with van der Waals surface area (Å²) in [5.74, 6) is -1.41. The van der Waals surface area contributed by atoms with Gasteiger partial charge >= 0.3 is 0 Å². The van der Waals surface area contributed by atoms with Crippen LogP contribution in [0.15, 0.2) is 114 Å². The number of benzene rings is 4. The molecule has 1 N–H and O–H groups in total. The maximum Gasteiger partial charge on any atom is 0.264 e. The summed E-state index contributed by atoms with van der Waals surface area (Å²) in [5, 5.41) is 3.24. The standard InChI is InChI=1S/C34H35ClFN3O4S/c1-2-3-21-37-34(41)32(22-26-11-6-4-7-12-26)38(24-27-17-19-29(36)20-18-27)33(40)25-39(30-14-10-13-28(35)23-30)44(42,43)31-15-8-5-9-16-31/h4-20,23,32H,2-3,21-22,24-25H2,1H3,(H,37,41)/t32-/m1/s1. The third-order valence-electron chi connectivity index (χ3n) is 7.07. The number of nitrogens with one attached hydrogen (secondary N) is 1. The Morgan fingerprint density at radius 3 is 2.16 bits per heavy atom. The molecular formula is C34H35ClFN3O4S. The van der Waals surface area contributed by atoms with E-state index in [0.717, 1.165) is 22.7 Å². The Bertz CT molecular complexity index is 1640. The molecule has 230 valence electrons. The van der Waals surface area contributed by atoms with Crippen LogP contribution in [0, 0.1) is 5.82 Å². The number of hydrogen-bond donors (Lipinski definition) is 1. The fourth-order valence-electron chi connectivity index (χ4n) is 4.73. The van der Waals surface area contributed by atoms with E-state index in [4.69, 9.17) is 11.6 Å². The third-order valence-corrected chi connectivity index (χ3v) is 9.10. The second-order valence-electron chi connectivity index (χ2n) is 10.3. The number of hydrogen-bond acceptors (Lipinski definition) is 4. The molecule has 0 aliphatic carbocycles. The molecule has 0 saturated heterocycles. The van der Waals surface area contributed by atoms with Crippen LogP contribution in [0.2, 0.25) is 5.02 Å². The van der Waals surface area contributed by atoms with Gasteiger partial charge in [-0.25, -0.2) is 12.8 Å². The lowest BCUT2D eigenvalue weighted by Gasteiger charge is -2.34. The number of carbonyl (C=O) groups excluding carboxylic acids is 2. The average molecular weight is 636 g/mol. The van der Waals surface area contributed by atoms with Crippen LogP contribution in [-0.2, 0) is 32.6 Å². The maximum absolute atomic E-state index is 14.4. The molecule has 4 aromatic carbocycles. The zero-order chi connectivity index (χ0) is 31.5. The fourth-order valence-corrected chi connectivity index (χ4v) is 6.34. The van der Waals surface area contributed by atoms with Gasteiger partial charge in [0.2, 0.25) is 11.8 Å². The highest BCUT2D eigenvalue weighted by Gasteiger charge is 2.34. The van der Waals surface area contributed by atoms with Gasteiger partial charge in [0, 0.05) is 24.5 Å². The van der Waals surface area contributed by atoms with Gasteiger partial charge in [-0.05, 0) is 60.0 Å². The Labute approximate surface area is 263 Å². The smallest absolute Gasteiger partial charge is 0.264 e. The van der Waals surface area contributed by atoms with Crippen molar-refractivity contribution in [1.29, 1.82) is 0 Å². The average Bonchev–Trinajstić information content (AvgIpc) is 3.03.